The second-order valence-corrected chi connectivity index (χ2v) is 5.84. The van der Waals surface area contributed by atoms with E-state index in [1.54, 1.807) is 11.4 Å². The molecule has 0 saturated carbocycles. The van der Waals surface area contributed by atoms with Crippen LogP contribution in [0.4, 0.5) is 0 Å². The third-order valence-electron chi connectivity index (χ3n) is 3.33. The van der Waals surface area contributed by atoms with Gasteiger partial charge in [0.2, 0.25) is 5.91 Å². The minimum absolute atomic E-state index is 0.0326. The van der Waals surface area contributed by atoms with Gasteiger partial charge < -0.3 is 10.3 Å². The summed E-state index contributed by atoms with van der Waals surface area (Å²) < 4.78 is 2.51. The molecule has 24 heavy (non-hydrogen) atoms. The van der Waals surface area contributed by atoms with Crippen molar-refractivity contribution < 1.29 is 4.79 Å². The molecule has 3 aromatic rings. The summed E-state index contributed by atoms with van der Waals surface area (Å²) in [6.07, 6.45) is 1.41. The number of fused-ring (bicyclic) bond motifs is 1. The summed E-state index contributed by atoms with van der Waals surface area (Å²) in [6, 6.07) is 4.45. The maximum Gasteiger partial charge on any atom is 0.328 e. The van der Waals surface area contributed by atoms with Crippen LogP contribution in [0.25, 0.3) is 10.2 Å². The first kappa shape index (κ1) is 15.9. The Hall–Kier alpha value is -3.01. The Morgan fingerprint density at radius 1 is 1.29 bits per heavy atom. The van der Waals surface area contributed by atoms with E-state index in [-0.39, 0.29) is 30.8 Å². The highest BCUT2D eigenvalue weighted by molar-refractivity contribution is 7.17. The molecule has 3 aromatic heterocycles. The van der Waals surface area contributed by atoms with Crippen LogP contribution in [0.5, 0.6) is 0 Å². The number of hydrogen-bond acceptors (Lipinski definition) is 6. The van der Waals surface area contributed by atoms with Gasteiger partial charge in [-0.2, -0.15) is 5.10 Å². The van der Waals surface area contributed by atoms with Crippen molar-refractivity contribution in [2.45, 2.75) is 13.1 Å². The normalized spacial score (nSPS) is 10.8. The Labute approximate surface area is 138 Å². The van der Waals surface area contributed by atoms with Gasteiger partial charge in [-0.3, -0.25) is 19.0 Å². The smallest absolute Gasteiger partial charge is 0.328 e. The molecule has 2 N–H and O–H groups in total. The van der Waals surface area contributed by atoms with Gasteiger partial charge in [-0.25, -0.2) is 9.48 Å². The Bertz CT molecular complexity index is 1060. The number of nitrogens with one attached hydrogen (secondary N) is 2. The van der Waals surface area contributed by atoms with Crippen molar-refractivity contribution in [1.29, 1.82) is 0 Å². The molecule has 9 nitrogen and oxygen atoms in total. The van der Waals surface area contributed by atoms with E-state index in [9.17, 15) is 19.2 Å². The van der Waals surface area contributed by atoms with E-state index in [4.69, 9.17) is 0 Å². The minimum Gasteiger partial charge on any atom is -0.353 e. The Kier molecular flexibility index (Phi) is 4.38. The number of aromatic amines is 1. The lowest BCUT2D eigenvalue weighted by molar-refractivity contribution is -0.121. The van der Waals surface area contributed by atoms with Crippen molar-refractivity contribution in [2.75, 3.05) is 6.54 Å². The second kappa shape index (κ2) is 6.62. The zero-order chi connectivity index (χ0) is 17.1. The number of thiophene rings is 1. The summed E-state index contributed by atoms with van der Waals surface area (Å²) in [6.45, 7) is -0.111. The highest BCUT2D eigenvalue weighted by atomic mass is 32.1. The summed E-state index contributed by atoms with van der Waals surface area (Å²) in [4.78, 5) is 50.0. The largest absolute Gasteiger partial charge is 0.353 e. The van der Waals surface area contributed by atoms with Gasteiger partial charge in [-0.1, -0.05) is 0 Å². The van der Waals surface area contributed by atoms with Crippen LogP contribution < -0.4 is 22.1 Å². The molecule has 3 heterocycles. The molecule has 3 rings (SSSR count). The van der Waals surface area contributed by atoms with Crippen LogP contribution in [0.3, 0.4) is 0 Å². The van der Waals surface area contributed by atoms with E-state index in [2.05, 4.69) is 15.4 Å². The first-order valence-electron chi connectivity index (χ1n) is 7.05. The summed E-state index contributed by atoms with van der Waals surface area (Å²) in [5.41, 5.74) is -0.798. The van der Waals surface area contributed by atoms with E-state index in [0.29, 0.717) is 10.2 Å². The van der Waals surface area contributed by atoms with Crippen molar-refractivity contribution in [3.05, 3.63) is 61.0 Å². The third kappa shape index (κ3) is 3.18. The maximum absolute atomic E-state index is 12.2. The molecule has 0 aliphatic carbocycles. The molecule has 0 spiro atoms. The first-order chi connectivity index (χ1) is 11.6. The van der Waals surface area contributed by atoms with E-state index in [0.717, 1.165) is 9.25 Å². The fourth-order valence-corrected chi connectivity index (χ4v) is 2.98. The monoisotopic (exact) mass is 347 g/mol. The number of nitrogens with zero attached hydrogens (tertiary/aromatic N) is 3. The zero-order valence-corrected chi connectivity index (χ0v) is 13.2. The number of aromatic nitrogens is 4. The van der Waals surface area contributed by atoms with Gasteiger partial charge in [-0.15, -0.1) is 11.3 Å². The fraction of sp³-hybridized carbons (Fsp3) is 0.214. The van der Waals surface area contributed by atoms with Crippen LogP contribution in [-0.4, -0.2) is 31.8 Å². The lowest BCUT2D eigenvalue weighted by atomic mass is 10.4. The van der Waals surface area contributed by atoms with E-state index >= 15 is 0 Å². The number of H-pyrrole nitrogens is 1. The summed E-state index contributed by atoms with van der Waals surface area (Å²) in [5.74, 6) is -0.433. The molecule has 0 saturated heterocycles. The molecule has 1 amide bonds. The van der Waals surface area contributed by atoms with Gasteiger partial charge in [0.25, 0.3) is 11.1 Å². The van der Waals surface area contributed by atoms with Crippen molar-refractivity contribution >= 4 is 27.5 Å². The fourth-order valence-electron chi connectivity index (χ4n) is 2.18. The van der Waals surface area contributed by atoms with Gasteiger partial charge in [0.15, 0.2) is 0 Å². The van der Waals surface area contributed by atoms with Crippen LogP contribution in [-0.2, 0) is 17.9 Å². The predicted molar refractivity (Wildman–Crippen MR) is 88.2 cm³/mol. The van der Waals surface area contributed by atoms with Gasteiger partial charge >= 0.3 is 5.69 Å². The lowest BCUT2D eigenvalue weighted by Gasteiger charge is -2.07. The number of carbonyl (C=O) groups excluding carboxylic acids is 1. The lowest BCUT2D eigenvalue weighted by Crippen LogP contribution is -2.40. The van der Waals surface area contributed by atoms with Crippen LogP contribution in [0.2, 0.25) is 0 Å². The van der Waals surface area contributed by atoms with Gasteiger partial charge in [0.05, 0.1) is 5.52 Å². The van der Waals surface area contributed by atoms with Crippen molar-refractivity contribution in [1.82, 2.24) is 24.6 Å². The van der Waals surface area contributed by atoms with Crippen LogP contribution in [0, 0.1) is 0 Å². The third-order valence-corrected chi connectivity index (χ3v) is 4.23. The zero-order valence-electron chi connectivity index (χ0n) is 12.4. The molecular weight excluding hydrogens is 334 g/mol. The average Bonchev–Trinajstić information content (AvgIpc) is 3.01. The Morgan fingerprint density at radius 2 is 2.12 bits per heavy atom. The number of amides is 1. The second-order valence-electron chi connectivity index (χ2n) is 4.92. The van der Waals surface area contributed by atoms with Gasteiger partial charge in [0, 0.05) is 25.4 Å². The standard InChI is InChI=1S/C14H13N5O4S/c20-10(8-19-11(21)2-1-4-16-19)15-5-6-18-13(22)12-9(3-7-24-12)17-14(18)23/h1-4,7H,5-6,8H2,(H,15,20)(H,17,23). The summed E-state index contributed by atoms with van der Waals surface area (Å²) in [7, 11) is 0. The molecule has 0 unspecified atom stereocenters. The van der Waals surface area contributed by atoms with Crippen molar-refractivity contribution in [3.63, 3.8) is 0 Å². The average molecular weight is 347 g/mol. The predicted octanol–water partition coefficient (Wildman–Crippen LogP) is -0.876. The van der Waals surface area contributed by atoms with E-state index in [1.165, 1.54) is 29.7 Å². The van der Waals surface area contributed by atoms with Crippen molar-refractivity contribution in [2.24, 2.45) is 0 Å². The molecular formula is C14H13N5O4S. The first-order valence-corrected chi connectivity index (χ1v) is 7.93. The highest BCUT2D eigenvalue weighted by Gasteiger charge is 2.09. The van der Waals surface area contributed by atoms with Gasteiger partial charge in [0.1, 0.15) is 11.2 Å². The molecule has 0 aliphatic heterocycles. The topological polar surface area (TPSA) is 119 Å². The number of hydrogen-bond donors (Lipinski definition) is 2. The molecule has 0 radical (unpaired) electrons. The molecule has 0 aromatic carbocycles. The Balaban J connectivity index is 1.66. The molecule has 0 fully saturated rings. The van der Waals surface area contributed by atoms with E-state index < -0.39 is 11.6 Å². The van der Waals surface area contributed by atoms with Crippen LogP contribution in [0.1, 0.15) is 0 Å². The molecule has 0 bridgehead atoms. The summed E-state index contributed by atoms with van der Waals surface area (Å²) >= 11 is 1.24. The maximum atomic E-state index is 12.2. The van der Waals surface area contributed by atoms with Crippen molar-refractivity contribution in [3.8, 4) is 0 Å². The SMILES string of the molecule is O=C(Cn1ncccc1=O)NCCn1c(=O)[nH]c2ccsc2c1=O. The number of carbonyl (C=O) groups is 1. The van der Waals surface area contributed by atoms with E-state index in [1.807, 2.05) is 0 Å². The molecule has 0 aliphatic rings. The minimum atomic E-state index is -0.527. The van der Waals surface area contributed by atoms with Crippen LogP contribution in [0.15, 0.2) is 44.2 Å². The van der Waals surface area contributed by atoms with Crippen LogP contribution >= 0.6 is 11.3 Å². The Morgan fingerprint density at radius 3 is 2.92 bits per heavy atom. The summed E-state index contributed by atoms with van der Waals surface area (Å²) in [5, 5.41) is 8.05. The van der Waals surface area contributed by atoms with Gasteiger partial charge in [-0.05, 0) is 17.5 Å². The number of rotatable bonds is 5. The quantitative estimate of drug-likeness (QED) is 0.621. The highest BCUT2D eigenvalue weighted by Crippen LogP contribution is 2.11. The molecule has 124 valence electrons. The molecule has 10 heteroatoms. The molecule has 0 atom stereocenters.